The molecule has 11 heavy (non-hydrogen) atoms. The smallest absolute Gasteiger partial charge is 0.165 e. The summed E-state index contributed by atoms with van der Waals surface area (Å²) in [5.41, 5.74) is 0. The monoisotopic (exact) mass is 174 g/mol. The number of aliphatic hydroxyl groups is 1. The molecule has 0 unspecified atom stereocenters. The van der Waals surface area contributed by atoms with E-state index in [0.717, 1.165) is 18.6 Å². The number of hydrogen-bond acceptors (Lipinski definition) is 3. The predicted molar refractivity (Wildman–Crippen MR) is 48.6 cm³/mol. The molecule has 0 saturated carbocycles. The minimum atomic E-state index is 0.0407. The zero-order chi connectivity index (χ0) is 8.69. The van der Waals surface area contributed by atoms with Gasteiger partial charge in [0.25, 0.3) is 0 Å². The summed E-state index contributed by atoms with van der Waals surface area (Å²) in [5.74, 6) is 0.915. The number of carbonyl (C=O) groups is 1. The highest BCUT2D eigenvalue weighted by molar-refractivity contribution is 8.03. The molecule has 0 aromatic rings. The number of carbonyl (C=O) groups excluding carboxylic acids is 1. The number of rotatable bonds is 6. The molecule has 0 aromatic carbocycles. The summed E-state index contributed by atoms with van der Waals surface area (Å²) in [6.45, 7) is 5.35. The summed E-state index contributed by atoms with van der Waals surface area (Å²) < 4.78 is 0. The van der Waals surface area contributed by atoms with Gasteiger partial charge in [0.05, 0.1) is 0 Å². The van der Waals surface area contributed by atoms with Crippen LogP contribution < -0.4 is 0 Å². The van der Waals surface area contributed by atoms with Gasteiger partial charge in [0.2, 0.25) is 0 Å². The van der Waals surface area contributed by atoms with Crippen LogP contribution in [0.2, 0.25) is 0 Å². The Morgan fingerprint density at radius 3 is 2.64 bits per heavy atom. The molecular weight excluding hydrogens is 160 g/mol. The van der Waals surface area contributed by atoms with Crippen molar-refractivity contribution in [2.75, 3.05) is 12.4 Å². The normalized spacial score (nSPS) is 9.64. The van der Waals surface area contributed by atoms with Crippen molar-refractivity contribution < 1.29 is 9.90 Å². The van der Waals surface area contributed by atoms with Crippen molar-refractivity contribution in [2.24, 2.45) is 0 Å². The molecule has 0 rings (SSSR count). The largest absolute Gasteiger partial charge is 0.396 e. The zero-order valence-corrected chi connectivity index (χ0v) is 7.62. The van der Waals surface area contributed by atoms with Crippen molar-refractivity contribution in [3.63, 3.8) is 0 Å². The van der Waals surface area contributed by atoms with E-state index in [0.29, 0.717) is 4.91 Å². The lowest BCUT2D eigenvalue weighted by molar-refractivity contribution is -0.112. The maximum Gasteiger partial charge on any atom is 0.165 e. The van der Waals surface area contributed by atoms with Crippen LogP contribution >= 0.6 is 11.8 Å². The Labute approximate surface area is 71.7 Å². The summed E-state index contributed by atoms with van der Waals surface area (Å²) >= 11 is 1.47. The number of Topliss-reactive ketones (excluding diaryl/α,β-unsaturated/α-hetero) is 1. The van der Waals surface area contributed by atoms with Crippen LogP contribution in [0.5, 0.6) is 0 Å². The molecule has 64 valence electrons. The maximum absolute atomic E-state index is 10.6. The lowest BCUT2D eigenvalue weighted by Gasteiger charge is -1.99. The molecule has 0 amide bonds. The van der Waals surface area contributed by atoms with E-state index in [9.17, 15) is 4.79 Å². The third kappa shape index (κ3) is 6.13. The van der Waals surface area contributed by atoms with Crippen molar-refractivity contribution in [2.45, 2.75) is 19.8 Å². The number of aliphatic hydroxyl groups excluding tert-OH is 1. The minimum absolute atomic E-state index is 0.0407. The fourth-order valence-corrected chi connectivity index (χ4v) is 1.31. The standard InChI is InChI=1S/C8H14O2S/c1-7(10)8(2)11-6-4-3-5-9/h9H,2-6H2,1H3. The first-order chi connectivity index (χ1) is 5.18. The Bertz CT molecular complexity index is 143. The fourth-order valence-electron chi connectivity index (χ4n) is 0.511. The zero-order valence-electron chi connectivity index (χ0n) is 6.80. The van der Waals surface area contributed by atoms with Gasteiger partial charge < -0.3 is 5.11 Å². The molecule has 0 aliphatic carbocycles. The molecule has 0 radical (unpaired) electrons. The molecule has 0 atom stereocenters. The molecule has 0 saturated heterocycles. The summed E-state index contributed by atoms with van der Waals surface area (Å²) in [6.07, 6.45) is 1.74. The van der Waals surface area contributed by atoms with Crippen LogP contribution in [-0.4, -0.2) is 23.2 Å². The van der Waals surface area contributed by atoms with Gasteiger partial charge in [-0.05, 0) is 25.5 Å². The van der Waals surface area contributed by atoms with E-state index in [1.807, 2.05) is 0 Å². The van der Waals surface area contributed by atoms with E-state index in [1.165, 1.54) is 18.7 Å². The highest BCUT2D eigenvalue weighted by Crippen LogP contribution is 2.15. The average molecular weight is 174 g/mol. The molecule has 0 aliphatic heterocycles. The van der Waals surface area contributed by atoms with Gasteiger partial charge in [0.1, 0.15) is 0 Å². The first kappa shape index (κ1) is 10.7. The van der Waals surface area contributed by atoms with Crippen LogP contribution in [0, 0.1) is 0 Å². The van der Waals surface area contributed by atoms with Crippen molar-refractivity contribution in [1.82, 2.24) is 0 Å². The van der Waals surface area contributed by atoms with E-state index in [4.69, 9.17) is 5.11 Å². The lowest BCUT2D eigenvalue weighted by Crippen LogP contribution is -1.92. The summed E-state index contributed by atoms with van der Waals surface area (Å²) in [4.78, 5) is 11.3. The number of ketones is 1. The fraction of sp³-hybridized carbons (Fsp3) is 0.625. The SMILES string of the molecule is C=C(SCCCCO)C(C)=O. The molecule has 2 nitrogen and oxygen atoms in total. The van der Waals surface area contributed by atoms with Gasteiger partial charge in [-0.3, -0.25) is 4.79 Å². The molecule has 0 fully saturated rings. The predicted octanol–water partition coefficient (Wildman–Crippen LogP) is 1.59. The van der Waals surface area contributed by atoms with Crippen LogP contribution in [0.3, 0.4) is 0 Å². The first-order valence-electron chi connectivity index (χ1n) is 3.62. The van der Waals surface area contributed by atoms with Crippen molar-refractivity contribution in [3.8, 4) is 0 Å². The second-order valence-electron chi connectivity index (χ2n) is 2.26. The van der Waals surface area contributed by atoms with Crippen molar-refractivity contribution in [1.29, 1.82) is 0 Å². The highest BCUT2D eigenvalue weighted by Gasteiger charge is 1.99. The second-order valence-corrected chi connectivity index (χ2v) is 3.45. The van der Waals surface area contributed by atoms with Gasteiger partial charge in [-0.15, -0.1) is 11.8 Å². The van der Waals surface area contributed by atoms with Gasteiger partial charge >= 0.3 is 0 Å². The number of hydrogen-bond donors (Lipinski definition) is 1. The third-order valence-corrected chi connectivity index (χ3v) is 2.35. The summed E-state index contributed by atoms with van der Waals surface area (Å²) in [6, 6.07) is 0. The summed E-state index contributed by atoms with van der Waals surface area (Å²) in [5, 5.41) is 8.44. The Kier molecular flexibility index (Phi) is 6.27. The van der Waals surface area contributed by atoms with Gasteiger partial charge in [0.15, 0.2) is 5.78 Å². The van der Waals surface area contributed by atoms with Crippen LogP contribution in [0.25, 0.3) is 0 Å². The molecule has 1 N–H and O–H groups in total. The van der Waals surface area contributed by atoms with Crippen molar-refractivity contribution >= 4 is 17.5 Å². The van der Waals surface area contributed by atoms with E-state index >= 15 is 0 Å². The topological polar surface area (TPSA) is 37.3 Å². The van der Waals surface area contributed by atoms with Crippen molar-refractivity contribution in [3.05, 3.63) is 11.5 Å². The second kappa shape index (κ2) is 6.43. The Morgan fingerprint density at radius 2 is 2.18 bits per heavy atom. The van der Waals surface area contributed by atoms with E-state index in [1.54, 1.807) is 0 Å². The molecule has 0 heterocycles. The number of allylic oxidation sites excluding steroid dienone is 1. The van der Waals surface area contributed by atoms with Crippen LogP contribution in [0.15, 0.2) is 11.5 Å². The van der Waals surface area contributed by atoms with E-state index in [-0.39, 0.29) is 12.4 Å². The maximum atomic E-state index is 10.6. The van der Waals surface area contributed by atoms with Crippen LogP contribution in [0.4, 0.5) is 0 Å². The van der Waals surface area contributed by atoms with Gasteiger partial charge in [0, 0.05) is 11.5 Å². The summed E-state index contributed by atoms with van der Waals surface area (Å²) in [7, 11) is 0. The Balaban J connectivity index is 3.25. The molecule has 3 heteroatoms. The van der Waals surface area contributed by atoms with Gasteiger partial charge in [-0.2, -0.15) is 0 Å². The van der Waals surface area contributed by atoms with E-state index in [2.05, 4.69) is 6.58 Å². The number of unbranched alkanes of at least 4 members (excludes halogenated alkanes) is 1. The molecule has 0 bridgehead atoms. The molecule has 0 aromatic heterocycles. The Hall–Kier alpha value is -0.280. The first-order valence-corrected chi connectivity index (χ1v) is 4.60. The van der Waals surface area contributed by atoms with Crippen LogP contribution in [-0.2, 0) is 4.79 Å². The third-order valence-electron chi connectivity index (χ3n) is 1.22. The Morgan fingerprint density at radius 1 is 1.55 bits per heavy atom. The molecule has 0 aliphatic rings. The quantitative estimate of drug-likeness (QED) is 0.491. The highest BCUT2D eigenvalue weighted by atomic mass is 32.2. The molecular formula is C8H14O2S. The minimum Gasteiger partial charge on any atom is -0.396 e. The van der Waals surface area contributed by atoms with E-state index < -0.39 is 0 Å². The van der Waals surface area contributed by atoms with Gasteiger partial charge in [-0.1, -0.05) is 6.58 Å². The molecule has 0 spiro atoms. The number of thioether (sulfide) groups is 1. The lowest BCUT2D eigenvalue weighted by atomic mass is 10.4. The average Bonchev–Trinajstić information content (AvgIpc) is 1.97. The van der Waals surface area contributed by atoms with Gasteiger partial charge in [-0.25, -0.2) is 0 Å². The van der Waals surface area contributed by atoms with Crippen LogP contribution in [0.1, 0.15) is 19.8 Å².